The molecule has 0 heterocycles. The van der Waals surface area contributed by atoms with Crippen molar-refractivity contribution in [3.63, 3.8) is 0 Å². The number of nitrogens with zero attached hydrogens (tertiary/aromatic N) is 1. The van der Waals surface area contributed by atoms with Gasteiger partial charge in [-0.15, -0.1) is 0 Å². The number of rotatable bonds is 3. The molecule has 0 saturated heterocycles. The summed E-state index contributed by atoms with van der Waals surface area (Å²) >= 11 is 6.81. The first kappa shape index (κ1) is 14.7. The molecular weight excluding hydrogens is 346 g/mol. The number of halogens is 2. The second-order valence-corrected chi connectivity index (χ2v) is 6.42. The van der Waals surface area contributed by atoms with Crippen molar-refractivity contribution < 1.29 is 4.79 Å². The Morgan fingerprint density at radius 3 is 2.47 bits per heavy atom. The van der Waals surface area contributed by atoms with Gasteiger partial charge in [0.25, 0.3) is 5.91 Å². The minimum absolute atomic E-state index is 0.0324. The van der Waals surface area contributed by atoms with Crippen molar-refractivity contribution >= 4 is 37.8 Å². The first-order chi connectivity index (χ1) is 7.79. The van der Waals surface area contributed by atoms with E-state index >= 15 is 0 Å². The zero-order valence-corrected chi connectivity index (χ0v) is 13.7. The molecule has 94 valence electrons. The third kappa shape index (κ3) is 3.32. The van der Waals surface area contributed by atoms with Gasteiger partial charge in [-0.2, -0.15) is 0 Å². The maximum absolute atomic E-state index is 12.4. The monoisotopic (exact) mass is 361 g/mol. The summed E-state index contributed by atoms with van der Waals surface area (Å²) in [6.07, 6.45) is 0.918. The molecule has 17 heavy (non-hydrogen) atoms. The van der Waals surface area contributed by atoms with Crippen LogP contribution in [0.15, 0.2) is 27.1 Å². The molecule has 4 heteroatoms. The van der Waals surface area contributed by atoms with Crippen LogP contribution < -0.4 is 0 Å². The molecule has 0 atom stereocenters. The fraction of sp³-hybridized carbons (Fsp3) is 0.462. The summed E-state index contributed by atoms with van der Waals surface area (Å²) in [5.74, 6) is 0.0324. The van der Waals surface area contributed by atoms with E-state index < -0.39 is 0 Å². The molecule has 1 amide bonds. The molecule has 1 rings (SSSR count). The van der Waals surface area contributed by atoms with Crippen molar-refractivity contribution in [3.05, 3.63) is 32.7 Å². The van der Waals surface area contributed by atoms with Crippen molar-refractivity contribution in [2.45, 2.75) is 32.7 Å². The SMILES string of the molecule is CCC(C)(C)N(C)C(=O)c1cc(Br)ccc1Br. The van der Waals surface area contributed by atoms with Crippen molar-refractivity contribution in [1.29, 1.82) is 0 Å². The van der Waals surface area contributed by atoms with Gasteiger partial charge >= 0.3 is 0 Å². The van der Waals surface area contributed by atoms with Crippen molar-refractivity contribution in [2.24, 2.45) is 0 Å². The lowest BCUT2D eigenvalue weighted by Gasteiger charge is -2.35. The van der Waals surface area contributed by atoms with Crippen LogP contribution in [0.1, 0.15) is 37.6 Å². The Morgan fingerprint density at radius 2 is 1.94 bits per heavy atom. The largest absolute Gasteiger partial charge is 0.337 e. The van der Waals surface area contributed by atoms with Crippen LogP contribution in [0.25, 0.3) is 0 Å². The van der Waals surface area contributed by atoms with E-state index in [1.807, 2.05) is 25.2 Å². The predicted octanol–water partition coefficient (Wildman–Crippen LogP) is 4.47. The lowest BCUT2D eigenvalue weighted by Crippen LogP contribution is -2.44. The first-order valence-corrected chi connectivity index (χ1v) is 7.11. The molecule has 0 aliphatic carbocycles. The van der Waals surface area contributed by atoms with Crippen molar-refractivity contribution in [3.8, 4) is 0 Å². The second-order valence-electron chi connectivity index (χ2n) is 4.65. The summed E-state index contributed by atoms with van der Waals surface area (Å²) in [5.41, 5.74) is 0.544. The molecule has 0 fully saturated rings. The standard InChI is InChI=1S/C13H17Br2NO/c1-5-13(2,3)16(4)12(17)10-8-9(14)6-7-11(10)15/h6-8H,5H2,1-4H3. The van der Waals surface area contributed by atoms with Crippen LogP contribution in [0, 0.1) is 0 Å². The minimum Gasteiger partial charge on any atom is -0.337 e. The Bertz CT molecular complexity index is 429. The van der Waals surface area contributed by atoms with Crippen LogP contribution >= 0.6 is 31.9 Å². The highest BCUT2D eigenvalue weighted by Gasteiger charge is 2.27. The van der Waals surface area contributed by atoms with Gasteiger partial charge in [0.2, 0.25) is 0 Å². The molecule has 2 nitrogen and oxygen atoms in total. The summed E-state index contributed by atoms with van der Waals surface area (Å²) in [7, 11) is 1.85. The molecule has 0 radical (unpaired) electrons. The van der Waals surface area contributed by atoms with E-state index in [-0.39, 0.29) is 11.4 Å². The Morgan fingerprint density at radius 1 is 1.35 bits per heavy atom. The molecular formula is C13H17Br2NO. The van der Waals surface area contributed by atoms with Gasteiger partial charge in [0.1, 0.15) is 0 Å². The maximum Gasteiger partial charge on any atom is 0.255 e. The third-order valence-electron chi connectivity index (χ3n) is 3.24. The smallest absolute Gasteiger partial charge is 0.255 e. The van der Waals surface area contributed by atoms with Gasteiger partial charge in [0.05, 0.1) is 5.56 Å². The lowest BCUT2D eigenvalue weighted by atomic mass is 9.99. The zero-order valence-electron chi connectivity index (χ0n) is 10.6. The molecule has 1 aromatic carbocycles. The molecule has 0 unspecified atom stereocenters. The zero-order chi connectivity index (χ0) is 13.2. The number of benzene rings is 1. The van der Waals surface area contributed by atoms with E-state index in [1.165, 1.54) is 0 Å². The van der Waals surface area contributed by atoms with Crippen LogP contribution in [0.2, 0.25) is 0 Å². The number of carbonyl (C=O) groups excluding carboxylic acids is 1. The highest BCUT2D eigenvalue weighted by Crippen LogP contribution is 2.26. The second kappa shape index (κ2) is 5.53. The quantitative estimate of drug-likeness (QED) is 0.776. The van der Waals surface area contributed by atoms with Gasteiger partial charge in [-0.3, -0.25) is 4.79 Å². The van der Waals surface area contributed by atoms with Crippen LogP contribution in [-0.4, -0.2) is 23.4 Å². The Hall–Kier alpha value is -0.350. The summed E-state index contributed by atoms with van der Waals surface area (Å²) in [6.45, 7) is 6.22. The molecule has 0 saturated carbocycles. The average Bonchev–Trinajstić information content (AvgIpc) is 2.30. The lowest BCUT2D eigenvalue weighted by molar-refractivity contribution is 0.0619. The van der Waals surface area contributed by atoms with Gasteiger partial charge in [-0.1, -0.05) is 22.9 Å². The number of hydrogen-bond donors (Lipinski definition) is 0. The van der Waals surface area contributed by atoms with Gasteiger partial charge < -0.3 is 4.90 Å². The van der Waals surface area contributed by atoms with Crippen molar-refractivity contribution in [2.75, 3.05) is 7.05 Å². The van der Waals surface area contributed by atoms with Gasteiger partial charge in [-0.05, 0) is 54.4 Å². The van der Waals surface area contributed by atoms with E-state index in [4.69, 9.17) is 0 Å². The molecule has 0 bridgehead atoms. The molecule has 0 aromatic heterocycles. The molecule has 0 aliphatic heterocycles. The van der Waals surface area contributed by atoms with E-state index in [1.54, 1.807) is 4.90 Å². The first-order valence-electron chi connectivity index (χ1n) is 5.53. The predicted molar refractivity (Wildman–Crippen MR) is 78.3 cm³/mol. The van der Waals surface area contributed by atoms with Crippen LogP contribution in [-0.2, 0) is 0 Å². The summed E-state index contributed by atoms with van der Waals surface area (Å²) in [4.78, 5) is 14.2. The highest BCUT2D eigenvalue weighted by molar-refractivity contribution is 9.11. The minimum atomic E-state index is -0.140. The van der Waals surface area contributed by atoms with Crippen molar-refractivity contribution in [1.82, 2.24) is 4.90 Å². The molecule has 0 aliphatic rings. The van der Waals surface area contributed by atoms with E-state index in [2.05, 4.69) is 52.6 Å². The van der Waals surface area contributed by atoms with E-state index in [0.717, 1.165) is 15.4 Å². The Kier molecular flexibility index (Phi) is 4.78. The van der Waals surface area contributed by atoms with Crippen LogP contribution in [0.4, 0.5) is 0 Å². The number of amides is 1. The van der Waals surface area contributed by atoms with Gasteiger partial charge in [-0.25, -0.2) is 0 Å². The van der Waals surface area contributed by atoms with Gasteiger partial charge in [0.15, 0.2) is 0 Å². The summed E-state index contributed by atoms with van der Waals surface area (Å²) < 4.78 is 1.73. The molecule has 1 aromatic rings. The normalized spacial score (nSPS) is 11.4. The average molecular weight is 363 g/mol. The number of carbonyl (C=O) groups is 1. The fourth-order valence-corrected chi connectivity index (χ4v) is 2.13. The fourth-order valence-electron chi connectivity index (χ4n) is 1.35. The summed E-state index contributed by atoms with van der Waals surface area (Å²) in [5, 5.41) is 0. The molecule has 0 N–H and O–H groups in total. The maximum atomic E-state index is 12.4. The Balaban J connectivity index is 3.08. The van der Waals surface area contributed by atoms with Crippen LogP contribution in [0.5, 0.6) is 0 Å². The van der Waals surface area contributed by atoms with E-state index in [0.29, 0.717) is 5.56 Å². The van der Waals surface area contributed by atoms with Crippen LogP contribution in [0.3, 0.4) is 0 Å². The van der Waals surface area contributed by atoms with Gasteiger partial charge in [0, 0.05) is 21.5 Å². The topological polar surface area (TPSA) is 20.3 Å². The number of hydrogen-bond acceptors (Lipinski definition) is 1. The summed E-state index contributed by atoms with van der Waals surface area (Å²) in [6, 6.07) is 5.63. The third-order valence-corrected chi connectivity index (χ3v) is 4.42. The molecule has 0 spiro atoms. The Labute approximate surface area is 120 Å². The highest BCUT2D eigenvalue weighted by atomic mass is 79.9. The van der Waals surface area contributed by atoms with E-state index in [9.17, 15) is 4.79 Å².